The Balaban J connectivity index is 1.27. The van der Waals surface area contributed by atoms with Crippen molar-refractivity contribution in [3.8, 4) is 28.7 Å². The number of benzene rings is 1. The van der Waals surface area contributed by atoms with E-state index in [1.807, 2.05) is 34.7 Å². The first-order valence-corrected chi connectivity index (χ1v) is 13.4. The molecule has 0 bridgehead atoms. The topological polar surface area (TPSA) is 113 Å². The lowest BCUT2D eigenvalue weighted by Gasteiger charge is -2.33. The molecule has 14 heteroatoms. The molecule has 0 saturated heterocycles. The summed E-state index contributed by atoms with van der Waals surface area (Å²) in [5, 5.41) is 8.54. The molecule has 0 amide bonds. The van der Waals surface area contributed by atoms with Crippen LogP contribution in [0.15, 0.2) is 49.3 Å². The van der Waals surface area contributed by atoms with Crippen LogP contribution in [0.1, 0.15) is 54.2 Å². The van der Waals surface area contributed by atoms with Crippen LogP contribution in [-0.2, 0) is 19.8 Å². The number of methoxy groups -OCH3 is 1. The van der Waals surface area contributed by atoms with Crippen molar-refractivity contribution in [3.63, 3.8) is 0 Å². The zero-order valence-corrected chi connectivity index (χ0v) is 22.9. The Labute approximate surface area is 238 Å². The van der Waals surface area contributed by atoms with Gasteiger partial charge in [-0.3, -0.25) is 9.47 Å². The molecule has 4 aromatic heterocycles. The number of aryl methyl sites for hydroxylation is 1. The van der Waals surface area contributed by atoms with Crippen LogP contribution >= 0.6 is 0 Å². The maximum absolute atomic E-state index is 13.2. The second kappa shape index (κ2) is 9.60. The van der Waals surface area contributed by atoms with E-state index in [4.69, 9.17) is 14.7 Å². The minimum absolute atomic E-state index is 0.110. The van der Waals surface area contributed by atoms with Crippen molar-refractivity contribution < 1.29 is 17.9 Å². The SMILES string of the molecule is COc1ncnc(C2CC2)c1-c1ncc2c(n1)N(Cc1ccc(-c3nc(C(F)(F)F)cn3C)cc1)c1nncn1C2C. The van der Waals surface area contributed by atoms with Crippen molar-refractivity contribution in [1.82, 2.24) is 44.3 Å². The molecule has 1 saturated carbocycles. The maximum atomic E-state index is 13.2. The van der Waals surface area contributed by atoms with E-state index in [-0.39, 0.29) is 11.9 Å². The fraction of sp³-hybridized carbons (Fsp3) is 0.321. The molecule has 7 rings (SSSR count). The zero-order chi connectivity index (χ0) is 29.2. The summed E-state index contributed by atoms with van der Waals surface area (Å²) < 4.78 is 48.5. The highest BCUT2D eigenvalue weighted by molar-refractivity contribution is 5.70. The fourth-order valence-corrected chi connectivity index (χ4v) is 5.33. The third-order valence-electron chi connectivity index (χ3n) is 7.66. The molecule has 2 aliphatic rings. The lowest BCUT2D eigenvalue weighted by Crippen LogP contribution is -2.30. The molecule has 0 spiro atoms. The van der Waals surface area contributed by atoms with Gasteiger partial charge in [0.05, 0.1) is 25.4 Å². The molecule has 5 heterocycles. The molecule has 1 atom stereocenters. The van der Waals surface area contributed by atoms with E-state index in [9.17, 15) is 13.2 Å². The lowest BCUT2D eigenvalue weighted by atomic mass is 10.1. The molecule has 42 heavy (non-hydrogen) atoms. The molecular weight excluding hydrogens is 549 g/mol. The predicted octanol–water partition coefficient (Wildman–Crippen LogP) is 5.09. The van der Waals surface area contributed by atoms with Gasteiger partial charge in [-0.1, -0.05) is 24.3 Å². The Morgan fingerprint density at radius 1 is 1.05 bits per heavy atom. The Hall–Kier alpha value is -4.88. The van der Waals surface area contributed by atoms with Gasteiger partial charge in [-0.15, -0.1) is 10.2 Å². The second-order valence-electron chi connectivity index (χ2n) is 10.4. The monoisotopic (exact) mass is 574 g/mol. The van der Waals surface area contributed by atoms with E-state index < -0.39 is 11.9 Å². The minimum atomic E-state index is -4.51. The average Bonchev–Trinajstić information content (AvgIpc) is 3.57. The van der Waals surface area contributed by atoms with Gasteiger partial charge in [0.15, 0.2) is 11.5 Å². The molecule has 11 nitrogen and oxygen atoms in total. The smallest absolute Gasteiger partial charge is 0.434 e. The van der Waals surface area contributed by atoms with Gasteiger partial charge in [0.1, 0.15) is 29.9 Å². The van der Waals surface area contributed by atoms with E-state index in [0.717, 1.165) is 35.9 Å². The van der Waals surface area contributed by atoms with E-state index in [1.165, 1.54) is 10.9 Å². The molecule has 1 fully saturated rings. The first kappa shape index (κ1) is 26.0. The molecule has 5 aromatic rings. The lowest BCUT2D eigenvalue weighted by molar-refractivity contribution is -0.140. The summed E-state index contributed by atoms with van der Waals surface area (Å²) in [5.41, 5.74) is 2.98. The van der Waals surface area contributed by atoms with Gasteiger partial charge >= 0.3 is 6.18 Å². The van der Waals surface area contributed by atoms with Crippen LogP contribution in [0.2, 0.25) is 0 Å². The number of anilines is 2. The molecule has 0 radical (unpaired) electrons. The average molecular weight is 575 g/mol. The van der Waals surface area contributed by atoms with E-state index in [0.29, 0.717) is 47.1 Å². The summed E-state index contributed by atoms with van der Waals surface area (Å²) in [6.45, 7) is 2.41. The highest BCUT2D eigenvalue weighted by atomic mass is 19.4. The van der Waals surface area contributed by atoms with Crippen molar-refractivity contribution in [1.29, 1.82) is 0 Å². The highest BCUT2D eigenvalue weighted by Gasteiger charge is 2.36. The van der Waals surface area contributed by atoms with Gasteiger partial charge in [0.2, 0.25) is 11.8 Å². The maximum Gasteiger partial charge on any atom is 0.434 e. The number of hydrogen-bond acceptors (Lipinski definition) is 9. The summed E-state index contributed by atoms with van der Waals surface area (Å²) >= 11 is 0. The predicted molar refractivity (Wildman–Crippen MR) is 145 cm³/mol. The quantitative estimate of drug-likeness (QED) is 0.274. The Morgan fingerprint density at radius 2 is 1.83 bits per heavy atom. The normalized spacial score (nSPS) is 16.3. The molecule has 1 unspecified atom stereocenters. The van der Waals surface area contributed by atoms with Gasteiger partial charge in [0, 0.05) is 36.5 Å². The third-order valence-corrected chi connectivity index (χ3v) is 7.66. The van der Waals surface area contributed by atoms with E-state index >= 15 is 0 Å². The van der Waals surface area contributed by atoms with E-state index in [2.05, 4.69) is 25.1 Å². The number of rotatable bonds is 6. The molecular formula is C28H25F3N10O. The summed E-state index contributed by atoms with van der Waals surface area (Å²) in [6, 6.07) is 7.12. The number of aromatic nitrogens is 9. The van der Waals surface area contributed by atoms with E-state index in [1.54, 1.807) is 32.6 Å². The summed E-state index contributed by atoms with van der Waals surface area (Å²) in [7, 11) is 3.11. The summed E-state index contributed by atoms with van der Waals surface area (Å²) in [4.78, 5) is 24.4. The first-order chi connectivity index (χ1) is 20.2. The van der Waals surface area contributed by atoms with Gasteiger partial charge in [-0.2, -0.15) is 13.2 Å². The largest absolute Gasteiger partial charge is 0.480 e. The van der Waals surface area contributed by atoms with Gasteiger partial charge < -0.3 is 9.30 Å². The number of alkyl halides is 3. The van der Waals surface area contributed by atoms with Gasteiger partial charge in [0.25, 0.3) is 0 Å². The number of fused-ring (bicyclic) bond motifs is 2. The molecule has 1 aliphatic carbocycles. The molecule has 1 aliphatic heterocycles. The molecule has 1 aromatic carbocycles. The minimum Gasteiger partial charge on any atom is -0.480 e. The number of ether oxygens (including phenoxy) is 1. The fourth-order valence-electron chi connectivity index (χ4n) is 5.33. The van der Waals surface area contributed by atoms with Crippen molar-refractivity contribution >= 4 is 11.8 Å². The Morgan fingerprint density at radius 3 is 2.52 bits per heavy atom. The Bertz CT molecular complexity index is 1790. The van der Waals surface area contributed by atoms with Crippen LogP contribution in [-0.4, -0.2) is 51.4 Å². The van der Waals surface area contributed by atoms with Crippen LogP contribution < -0.4 is 9.64 Å². The second-order valence-corrected chi connectivity index (χ2v) is 10.4. The van der Waals surface area contributed by atoms with Crippen LogP contribution in [0.25, 0.3) is 22.8 Å². The molecule has 0 N–H and O–H groups in total. The standard InChI is InChI=1S/C28H25F3N10O/c1-15-19-10-32-23(21-22(17-8-9-17)33-13-34-26(21)42-3)37-25(19)40(27-38-35-14-41(15)27)11-16-4-6-18(7-5-16)24-36-20(12-39(24)2)28(29,30)31/h4-7,10,12-15,17H,8-9,11H2,1-3H3. The van der Waals surface area contributed by atoms with Gasteiger partial charge in [-0.05, 0) is 25.3 Å². The number of halogens is 3. The first-order valence-electron chi connectivity index (χ1n) is 13.4. The Kier molecular flexibility index (Phi) is 5.95. The van der Waals surface area contributed by atoms with Crippen molar-refractivity contribution in [2.45, 2.75) is 44.4 Å². The van der Waals surface area contributed by atoms with Crippen LogP contribution in [0, 0.1) is 0 Å². The number of nitrogens with zero attached hydrogens (tertiary/aromatic N) is 10. The van der Waals surface area contributed by atoms with Crippen molar-refractivity contribution in [2.75, 3.05) is 12.0 Å². The van der Waals surface area contributed by atoms with Crippen molar-refractivity contribution in [2.24, 2.45) is 7.05 Å². The molecule has 214 valence electrons. The summed E-state index contributed by atoms with van der Waals surface area (Å²) in [5.74, 6) is 2.71. The third kappa shape index (κ3) is 4.33. The summed E-state index contributed by atoms with van der Waals surface area (Å²) in [6.07, 6.45) is 3.53. The number of hydrogen-bond donors (Lipinski definition) is 0. The van der Waals surface area contributed by atoms with Crippen molar-refractivity contribution in [3.05, 3.63) is 71.8 Å². The van der Waals surface area contributed by atoms with Gasteiger partial charge in [-0.25, -0.2) is 24.9 Å². The highest BCUT2D eigenvalue weighted by Crippen LogP contribution is 2.46. The number of imidazole rings is 1. The van der Waals surface area contributed by atoms with Crippen LogP contribution in [0.4, 0.5) is 24.9 Å². The zero-order valence-electron chi connectivity index (χ0n) is 22.9. The van der Waals surface area contributed by atoms with Crippen LogP contribution in [0.5, 0.6) is 5.88 Å². The van der Waals surface area contributed by atoms with Crippen LogP contribution in [0.3, 0.4) is 0 Å².